The van der Waals surface area contributed by atoms with Gasteiger partial charge in [-0.2, -0.15) is 4.39 Å². The van der Waals surface area contributed by atoms with Crippen molar-refractivity contribution in [2.45, 2.75) is 30.5 Å². The minimum Gasteiger partial charge on any atom is -0.208 e. The van der Waals surface area contributed by atoms with E-state index in [-0.39, 0.29) is 9.77 Å². The van der Waals surface area contributed by atoms with Gasteiger partial charge in [0.25, 0.3) is 0 Å². The van der Waals surface area contributed by atoms with E-state index in [2.05, 4.69) is 4.98 Å². The first-order chi connectivity index (χ1) is 6.29. The summed E-state index contributed by atoms with van der Waals surface area (Å²) >= 11 is 1.06. The van der Waals surface area contributed by atoms with Gasteiger partial charge >= 0.3 is 0 Å². The van der Waals surface area contributed by atoms with Crippen molar-refractivity contribution in [2.75, 3.05) is 0 Å². The average molecular weight is 221 g/mol. The predicted octanol–water partition coefficient (Wildman–Crippen LogP) is 3.39. The molecule has 5 heteroatoms. The van der Waals surface area contributed by atoms with E-state index in [0.717, 1.165) is 11.8 Å². The van der Waals surface area contributed by atoms with Crippen LogP contribution in [0.1, 0.15) is 20.8 Å². The maximum atomic E-state index is 13.1. The first-order valence-corrected chi connectivity index (χ1v) is 4.82. The van der Waals surface area contributed by atoms with E-state index in [1.54, 1.807) is 0 Å². The van der Waals surface area contributed by atoms with E-state index in [9.17, 15) is 13.2 Å². The number of halogens is 3. The fraction of sp³-hybridized carbons (Fsp3) is 0.444. The van der Waals surface area contributed by atoms with Crippen LogP contribution in [0.4, 0.5) is 13.2 Å². The summed E-state index contributed by atoms with van der Waals surface area (Å²) in [5.74, 6) is -3.36. The summed E-state index contributed by atoms with van der Waals surface area (Å²) in [6, 6.07) is 0.510. The van der Waals surface area contributed by atoms with Crippen LogP contribution in [0.2, 0.25) is 0 Å². The number of nitrogens with zero attached hydrogens (tertiary/aromatic N) is 1. The average Bonchev–Trinajstić information content (AvgIpc) is 1.97. The molecule has 0 saturated carbocycles. The number of rotatable bonds is 1. The molecule has 0 radical (unpaired) electrons. The summed E-state index contributed by atoms with van der Waals surface area (Å²) < 4.78 is 38.0. The first kappa shape index (κ1) is 11.4. The molecule has 0 aliphatic heterocycles. The highest BCUT2D eigenvalue weighted by atomic mass is 32.2. The smallest absolute Gasteiger partial charge is 0.208 e. The second-order valence-corrected chi connectivity index (χ2v) is 5.58. The molecule has 0 unspecified atom stereocenters. The number of aromatic nitrogens is 1. The number of pyridine rings is 1. The lowest BCUT2D eigenvalue weighted by atomic mass is 10.3. The van der Waals surface area contributed by atoms with Gasteiger partial charge in [0.2, 0.25) is 5.95 Å². The summed E-state index contributed by atoms with van der Waals surface area (Å²) in [6.45, 7) is 5.50. The molecule has 0 saturated heterocycles. The number of thioether (sulfide) groups is 1. The second kappa shape index (κ2) is 3.81. The van der Waals surface area contributed by atoms with E-state index in [1.807, 2.05) is 20.8 Å². The maximum absolute atomic E-state index is 13.1. The molecule has 1 nitrogen and oxygen atoms in total. The fourth-order valence-corrected chi connectivity index (χ4v) is 1.65. The zero-order chi connectivity index (χ0) is 10.9. The Bertz CT molecular complexity index is 347. The third-order valence-electron chi connectivity index (χ3n) is 1.26. The minimum atomic E-state index is -1.27. The van der Waals surface area contributed by atoms with Crippen LogP contribution in [0, 0.1) is 17.6 Å². The highest BCUT2D eigenvalue weighted by molar-refractivity contribution is 8.00. The van der Waals surface area contributed by atoms with E-state index < -0.39 is 17.6 Å². The van der Waals surface area contributed by atoms with Crippen molar-refractivity contribution in [1.29, 1.82) is 0 Å². The van der Waals surface area contributed by atoms with Gasteiger partial charge in [-0.25, -0.2) is 13.8 Å². The SMILES string of the molecule is CC(C)(C)Sc1nc(F)c(F)cc1F. The molecule has 0 fully saturated rings. The van der Waals surface area contributed by atoms with E-state index in [0.29, 0.717) is 6.07 Å². The number of hydrogen-bond acceptors (Lipinski definition) is 2. The molecule has 0 aromatic carbocycles. The molecule has 1 aromatic heterocycles. The molecule has 14 heavy (non-hydrogen) atoms. The Morgan fingerprint density at radius 1 is 1.14 bits per heavy atom. The normalized spacial score (nSPS) is 11.9. The quantitative estimate of drug-likeness (QED) is 0.532. The third-order valence-corrected chi connectivity index (χ3v) is 2.35. The van der Waals surface area contributed by atoms with Gasteiger partial charge in [-0.3, -0.25) is 0 Å². The Labute approximate surface area is 84.7 Å². The maximum Gasteiger partial charge on any atom is 0.250 e. The van der Waals surface area contributed by atoms with Crippen molar-refractivity contribution < 1.29 is 13.2 Å². The van der Waals surface area contributed by atoms with Crippen molar-refractivity contribution in [1.82, 2.24) is 4.98 Å². The van der Waals surface area contributed by atoms with Gasteiger partial charge < -0.3 is 0 Å². The van der Waals surface area contributed by atoms with Gasteiger partial charge in [-0.05, 0) is 0 Å². The van der Waals surface area contributed by atoms with Crippen LogP contribution in [0.5, 0.6) is 0 Å². The van der Waals surface area contributed by atoms with E-state index in [1.165, 1.54) is 0 Å². The Morgan fingerprint density at radius 3 is 2.21 bits per heavy atom. The van der Waals surface area contributed by atoms with Crippen LogP contribution in [-0.2, 0) is 0 Å². The lowest BCUT2D eigenvalue weighted by Crippen LogP contribution is -2.09. The van der Waals surface area contributed by atoms with Gasteiger partial charge in [-0.15, -0.1) is 0 Å². The molecular formula is C9H10F3NS. The van der Waals surface area contributed by atoms with Gasteiger partial charge in [0.15, 0.2) is 11.6 Å². The van der Waals surface area contributed by atoms with Crippen LogP contribution in [0.25, 0.3) is 0 Å². The molecule has 0 N–H and O–H groups in total. The predicted molar refractivity (Wildman–Crippen MR) is 49.7 cm³/mol. The molecule has 1 heterocycles. The molecular weight excluding hydrogens is 211 g/mol. The molecule has 0 amide bonds. The van der Waals surface area contributed by atoms with Crippen LogP contribution in [0.3, 0.4) is 0 Å². The lowest BCUT2D eigenvalue weighted by molar-refractivity contribution is 0.447. The van der Waals surface area contributed by atoms with Gasteiger partial charge in [0.05, 0.1) is 0 Å². The zero-order valence-corrected chi connectivity index (χ0v) is 8.88. The third kappa shape index (κ3) is 2.90. The monoisotopic (exact) mass is 221 g/mol. The Balaban J connectivity index is 3.04. The highest BCUT2D eigenvalue weighted by Gasteiger charge is 2.18. The zero-order valence-electron chi connectivity index (χ0n) is 8.07. The Morgan fingerprint density at radius 2 is 1.71 bits per heavy atom. The number of hydrogen-bond donors (Lipinski definition) is 0. The van der Waals surface area contributed by atoms with Crippen molar-refractivity contribution >= 4 is 11.8 Å². The summed E-state index contributed by atoms with van der Waals surface area (Å²) in [5, 5.41) is -0.114. The largest absolute Gasteiger partial charge is 0.250 e. The standard InChI is InChI=1S/C9H10F3NS/c1-9(2,3)14-8-6(11)4-5(10)7(12)13-8/h4H,1-3H3. The van der Waals surface area contributed by atoms with Crippen LogP contribution in [-0.4, -0.2) is 9.73 Å². The summed E-state index contributed by atoms with van der Waals surface area (Å²) in [5.41, 5.74) is 0. The van der Waals surface area contributed by atoms with Crippen LogP contribution >= 0.6 is 11.8 Å². The molecule has 0 bridgehead atoms. The molecule has 0 aliphatic carbocycles. The molecule has 0 spiro atoms. The Kier molecular flexibility index (Phi) is 3.09. The molecule has 0 atom stereocenters. The van der Waals surface area contributed by atoms with Crippen molar-refractivity contribution in [3.63, 3.8) is 0 Å². The van der Waals surface area contributed by atoms with E-state index in [4.69, 9.17) is 0 Å². The topological polar surface area (TPSA) is 12.9 Å². The van der Waals surface area contributed by atoms with E-state index >= 15 is 0 Å². The molecule has 1 rings (SSSR count). The first-order valence-electron chi connectivity index (χ1n) is 4.00. The van der Waals surface area contributed by atoms with Gasteiger partial charge in [0, 0.05) is 10.8 Å². The lowest BCUT2D eigenvalue weighted by Gasteiger charge is -2.16. The summed E-state index contributed by atoms with van der Waals surface area (Å²) in [4.78, 5) is 3.20. The van der Waals surface area contributed by atoms with Crippen molar-refractivity contribution in [3.8, 4) is 0 Å². The van der Waals surface area contributed by atoms with Crippen LogP contribution < -0.4 is 0 Å². The molecule has 0 aliphatic rings. The fourth-order valence-electron chi connectivity index (χ4n) is 0.790. The van der Waals surface area contributed by atoms with Crippen molar-refractivity contribution in [3.05, 3.63) is 23.6 Å². The Hall–Kier alpha value is -0.710. The molecule has 1 aromatic rings. The van der Waals surface area contributed by atoms with Gasteiger partial charge in [-0.1, -0.05) is 32.5 Å². The van der Waals surface area contributed by atoms with Gasteiger partial charge in [0.1, 0.15) is 5.03 Å². The highest BCUT2D eigenvalue weighted by Crippen LogP contribution is 2.32. The van der Waals surface area contributed by atoms with Crippen molar-refractivity contribution in [2.24, 2.45) is 0 Å². The minimum absolute atomic E-state index is 0.114. The van der Waals surface area contributed by atoms with Crippen LogP contribution in [0.15, 0.2) is 11.1 Å². The summed E-state index contributed by atoms with van der Waals surface area (Å²) in [7, 11) is 0. The summed E-state index contributed by atoms with van der Waals surface area (Å²) in [6.07, 6.45) is 0. The molecule has 78 valence electrons. The second-order valence-electron chi connectivity index (χ2n) is 3.76.